The number of hydrogen-bond donors (Lipinski definition) is 2. The number of carboxylic acid groups (broad SMARTS) is 1. The highest BCUT2D eigenvalue weighted by Gasteiger charge is 2.48. The first-order valence-electron chi connectivity index (χ1n) is 3.75. The standard InChI is InChI=1S/C7H11NO2.ClH/c9-7(10)6-5-3-4(5)1-2-8-6;/h4-6,8H,1-3H2,(H,9,10);1H/t4-,5+,6-;/m1./s1. The fraction of sp³-hybridized carbons (Fsp3) is 0.857. The highest BCUT2D eigenvalue weighted by Crippen LogP contribution is 2.45. The summed E-state index contributed by atoms with van der Waals surface area (Å²) in [6, 6.07) is -0.237. The maximum absolute atomic E-state index is 10.5. The number of aliphatic carboxylic acids is 1. The molecule has 3 atom stereocenters. The second kappa shape index (κ2) is 2.99. The summed E-state index contributed by atoms with van der Waals surface area (Å²) in [6.45, 7) is 0.887. The molecule has 4 heteroatoms. The predicted molar refractivity (Wildman–Crippen MR) is 42.9 cm³/mol. The van der Waals surface area contributed by atoms with E-state index in [4.69, 9.17) is 5.11 Å². The van der Waals surface area contributed by atoms with Gasteiger partial charge in [-0.3, -0.25) is 4.79 Å². The van der Waals surface area contributed by atoms with Crippen LogP contribution in [0.2, 0.25) is 0 Å². The highest BCUT2D eigenvalue weighted by molar-refractivity contribution is 5.85. The number of halogens is 1. The van der Waals surface area contributed by atoms with Gasteiger partial charge in [-0.25, -0.2) is 0 Å². The Hall–Kier alpha value is -0.280. The minimum atomic E-state index is -0.674. The Bertz CT molecular complexity index is 174. The molecule has 2 N–H and O–H groups in total. The minimum Gasteiger partial charge on any atom is -0.480 e. The summed E-state index contributed by atoms with van der Waals surface area (Å²) in [5, 5.41) is 11.7. The Morgan fingerprint density at radius 3 is 2.82 bits per heavy atom. The van der Waals surface area contributed by atoms with Crippen LogP contribution in [0, 0.1) is 11.8 Å². The summed E-state index contributed by atoms with van der Waals surface area (Å²) in [6.07, 6.45) is 2.30. The maximum Gasteiger partial charge on any atom is 0.320 e. The predicted octanol–water partition coefficient (Wildman–Crippen LogP) is 0.491. The molecule has 3 nitrogen and oxygen atoms in total. The molecule has 2 aliphatic rings. The van der Waals surface area contributed by atoms with Crippen LogP contribution in [0.5, 0.6) is 0 Å². The largest absolute Gasteiger partial charge is 0.480 e. The normalized spacial score (nSPS) is 40.2. The number of fused-ring (bicyclic) bond motifs is 1. The molecule has 0 aromatic rings. The lowest BCUT2D eigenvalue weighted by Crippen LogP contribution is -2.42. The van der Waals surface area contributed by atoms with Gasteiger partial charge in [-0.05, 0) is 31.2 Å². The second-order valence-corrected chi connectivity index (χ2v) is 3.22. The molecule has 0 unspecified atom stereocenters. The van der Waals surface area contributed by atoms with Gasteiger partial charge >= 0.3 is 5.97 Å². The van der Waals surface area contributed by atoms with Crippen molar-refractivity contribution in [1.82, 2.24) is 5.32 Å². The molecule has 0 bridgehead atoms. The monoisotopic (exact) mass is 177 g/mol. The van der Waals surface area contributed by atoms with Gasteiger partial charge in [-0.1, -0.05) is 0 Å². The Labute approximate surface area is 71.6 Å². The van der Waals surface area contributed by atoms with Gasteiger partial charge < -0.3 is 10.4 Å². The molecule has 0 amide bonds. The quantitative estimate of drug-likeness (QED) is 0.613. The van der Waals surface area contributed by atoms with Crippen LogP contribution in [0.1, 0.15) is 12.8 Å². The fourth-order valence-corrected chi connectivity index (χ4v) is 1.86. The van der Waals surface area contributed by atoms with Gasteiger partial charge in [-0.2, -0.15) is 0 Å². The molecule has 2 rings (SSSR count). The van der Waals surface area contributed by atoms with Crippen molar-refractivity contribution in [3.63, 3.8) is 0 Å². The van der Waals surface area contributed by atoms with Crippen molar-refractivity contribution in [2.24, 2.45) is 11.8 Å². The van der Waals surface area contributed by atoms with Gasteiger partial charge in [0.1, 0.15) is 6.04 Å². The molecule has 1 aliphatic heterocycles. The van der Waals surface area contributed by atoms with Crippen molar-refractivity contribution >= 4 is 18.4 Å². The summed E-state index contributed by atoms with van der Waals surface area (Å²) >= 11 is 0. The minimum absolute atomic E-state index is 0. The molecular weight excluding hydrogens is 166 g/mol. The number of piperidine rings is 1. The molecule has 1 heterocycles. The second-order valence-electron chi connectivity index (χ2n) is 3.22. The van der Waals surface area contributed by atoms with Gasteiger partial charge in [0.15, 0.2) is 0 Å². The van der Waals surface area contributed by atoms with Crippen molar-refractivity contribution in [3.05, 3.63) is 0 Å². The van der Waals surface area contributed by atoms with E-state index in [0.717, 1.165) is 18.9 Å². The molecule has 0 aromatic heterocycles. The third kappa shape index (κ3) is 1.49. The molecule has 0 radical (unpaired) electrons. The molecular formula is C7H12ClNO2. The average Bonchev–Trinajstić information content (AvgIpc) is 2.63. The Morgan fingerprint density at radius 1 is 1.55 bits per heavy atom. The fourth-order valence-electron chi connectivity index (χ4n) is 1.86. The first-order valence-corrected chi connectivity index (χ1v) is 3.75. The zero-order valence-electron chi connectivity index (χ0n) is 6.12. The van der Waals surface area contributed by atoms with Crippen LogP contribution in [0.15, 0.2) is 0 Å². The number of carbonyl (C=O) groups is 1. The third-order valence-electron chi connectivity index (χ3n) is 2.55. The average molecular weight is 178 g/mol. The number of hydrogen-bond acceptors (Lipinski definition) is 2. The molecule has 1 saturated heterocycles. The molecule has 1 saturated carbocycles. The smallest absolute Gasteiger partial charge is 0.320 e. The van der Waals surface area contributed by atoms with Crippen molar-refractivity contribution < 1.29 is 9.90 Å². The summed E-state index contributed by atoms with van der Waals surface area (Å²) < 4.78 is 0. The summed E-state index contributed by atoms with van der Waals surface area (Å²) in [5.74, 6) is 0.501. The Balaban J connectivity index is 0.000000605. The molecule has 11 heavy (non-hydrogen) atoms. The zero-order chi connectivity index (χ0) is 7.14. The van der Waals surface area contributed by atoms with Crippen molar-refractivity contribution in [2.75, 3.05) is 6.54 Å². The topological polar surface area (TPSA) is 49.3 Å². The first kappa shape index (κ1) is 8.81. The van der Waals surface area contributed by atoms with E-state index in [1.54, 1.807) is 0 Å². The van der Waals surface area contributed by atoms with Crippen LogP contribution in [-0.2, 0) is 4.79 Å². The van der Waals surface area contributed by atoms with E-state index in [0.29, 0.717) is 5.92 Å². The Kier molecular flexibility index (Phi) is 2.40. The van der Waals surface area contributed by atoms with E-state index < -0.39 is 5.97 Å². The van der Waals surface area contributed by atoms with E-state index in [1.807, 2.05) is 0 Å². The van der Waals surface area contributed by atoms with Crippen molar-refractivity contribution in [2.45, 2.75) is 18.9 Å². The molecule has 0 aromatic carbocycles. The van der Waals surface area contributed by atoms with Crippen molar-refractivity contribution in [1.29, 1.82) is 0 Å². The van der Waals surface area contributed by atoms with Gasteiger partial charge in [-0.15, -0.1) is 12.4 Å². The highest BCUT2D eigenvalue weighted by atomic mass is 35.5. The lowest BCUT2D eigenvalue weighted by atomic mass is 10.1. The number of nitrogens with one attached hydrogen (secondary N) is 1. The van der Waals surface area contributed by atoms with E-state index >= 15 is 0 Å². The van der Waals surface area contributed by atoms with E-state index in [2.05, 4.69) is 5.32 Å². The molecule has 0 spiro atoms. The van der Waals surface area contributed by atoms with E-state index in [-0.39, 0.29) is 18.4 Å². The summed E-state index contributed by atoms with van der Waals surface area (Å²) in [5.41, 5.74) is 0. The lowest BCUT2D eigenvalue weighted by Gasteiger charge is -2.18. The molecule has 64 valence electrons. The third-order valence-corrected chi connectivity index (χ3v) is 2.55. The molecule has 1 aliphatic carbocycles. The SMILES string of the molecule is Cl.O=C(O)[C@@H]1NCC[C@@H]2C[C@@H]21. The van der Waals surface area contributed by atoms with Crippen molar-refractivity contribution in [3.8, 4) is 0 Å². The van der Waals surface area contributed by atoms with Gasteiger partial charge in [0.05, 0.1) is 0 Å². The van der Waals surface area contributed by atoms with E-state index in [1.165, 1.54) is 6.42 Å². The van der Waals surface area contributed by atoms with E-state index in [9.17, 15) is 4.79 Å². The van der Waals surface area contributed by atoms with Crippen LogP contribution < -0.4 is 5.32 Å². The van der Waals surface area contributed by atoms with Gasteiger partial charge in [0.2, 0.25) is 0 Å². The van der Waals surface area contributed by atoms with Crippen LogP contribution in [0.25, 0.3) is 0 Å². The van der Waals surface area contributed by atoms with Gasteiger partial charge in [0.25, 0.3) is 0 Å². The van der Waals surface area contributed by atoms with Crippen LogP contribution in [0.4, 0.5) is 0 Å². The number of rotatable bonds is 1. The summed E-state index contributed by atoms with van der Waals surface area (Å²) in [7, 11) is 0. The zero-order valence-corrected chi connectivity index (χ0v) is 6.93. The Morgan fingerprint density at radius 2 is 2.27 bits per heavy atom. The van der Waals surface area contributed by atoms with Crippen LogP contribution >= 0.6 is 12.4 Å². The first-order chi connectivity index (χ1) is 4.79. The number of carboxylic acids is 1. The maximum atomic E-state index is 10.5. The van der Waals surface area contributed by atoms with Crippen LogP contribution in [0.3, 0.4) is 0 Å². The lowest BCUT2D eigenvalue weighted by molar-refractivity contribution is -0.140. The summed E-state index contributed by atoms with van der Waals surface area (Å²) in [4.78, 5) is 10.5. The van der Waals surface area contributed by atoms with Crippen LogP contribution in [-0.4, -0.2) is 23.7 Å². The van der Waals surface area contributed by atoms with Gasteiger partial charge in [0, 0.05) is 0 Å². The molecule has 2 fully saturated rings.